The summed E-state index contributed by atoms with van der Waals surface area (Å²) in [6.45, 7) is 6.10. The van der Waals surface area contributed by atoms with Gasteiger partial charge in [-0.05, 0) is 52.9 Å². The van der Waals surface area contributed by atoms with Crippen molar-refractivity contribution in [3.63, 3.8) is 0 Å². The Kier molecular flexibility index (Phi) is 5.95. The number of nitrogens with one attached hydrogen (secondary N) is 3. The maximum atomic E-state index is 13.9. The van der Waals surface area contributed by atoms with Crippen molar-refractivity contribution < 1.29 is 9.18 Å². The molecule has 1 amide bonds. The second-order valence-corrected chi connectivity index (χ2v) is 10.9. The number of aromatic amines is 2. The zero-order chi connectivity index (χ0) is 27.1. The number of hydrogen-bond acceptors (Lipinski definition) is 4. The smallest absolute Gasteiger partial charge is 0.224 e. The second kappa shape index (κ2) is 9.47. The summed E-state index contributed by atoms with van der Waals surface area (Å²) in [6, 6.07) is 16.5. The summed E-state index contributed by atoms with van der Waals surface area (Å²) in [5.41, 5.74) is 7.28. The second-order valence-electron chi connectivity index (χ2n) is 10.9. The minimum Gasteiger partial charge on any atom is -0.352 e. The summed E-state index contributed by atoms with van der Waals surface area (Å²) in [7, 11) is 0. The molecule has 0 radical (unpaired) electrons. The van der Waals surface area contributed by atoms with E-state index in [1.54, 1.807) is 30.9 Å². The number of fused-ring (bicyclic) bond motifs is 2. The number of H-pyrrole nitrogens is 2. The van der Waals surface area contributed by atoms with Crippen LogP contribution in [0.4, 0.5) is 10.1 Å². The lowest BCUT2D eigenvalue weighted by Crippen LogP contribution is -2.19. The van der Waals surface area contributed by atoms with Crippen LogP contribution >= 0.6 is 0 Å². The molecule has 0 saturated carbocycles. The minimum atomic E-state index is -0.293. The Balaban J connectivity index is 1.37. The van der Waals surface area contributed by atoms with Crippen molar-refractivity contribution in [2.24, 2.45) is 5.41 Å². The topological polar surface area (TPSA) is 99.3 Å². The molecule has 0 fully saturated rings. The SMILES string of the molecule is CC(C)(C)CC(=O)Nc1cncc(-c2ccc3[nH]nc(-c4cc5c(-c6cccc(F)c6)cncc5[nH]4)c3c2)c1. The van der Waals surface area contributed by atoms with Gasteiger partial charge in [-0.2, -0.15) is 5.10 Å². The van der Waals surface area contributed by atoms with E-state index in [0.29, 0.717) is 12.1 Å². The molecule has 0 aliphatic carbocycles. The molecule has 3 N–H and O–H groups in total. The van der Waals surface area contributed by atoms with E-state index < -0.39 is 0 Å². The summed E-state index contributed by atoms with van der Waals surface area (Å²) in [4.78, 5) is 24.6. The van der Waals surface area contributed by atoms with Crippen molar-refractivity contribution in [2.75, 3.05) is 5.32 Å². The van der Waals surface area contributed by atoms with Gasteiger partial charge in [-0.15, -0.1) is 0 Å². The van der Waals surface area contributed by atoms with Gasteiger partial charge in [0.05, 0.1) is 34.8 Å². The molecule has 194 valence electrons. The zero-order valence-electron chi connectivity index (χ0n) is 21.8. The summed E-state index contributed by atoms with van der Waals surface area (Å²) >= 11 is 0. The summed E-state index contributed by atoms with van der Waals surface area (Å²) in [5, 5.41) is 12.5. The van der Waals surface area contributed by atoms with E-state index in [1.807, 2.05) is 51.1 Å². The van der Waals surface area contributed by atoms with E-state index in [2.05, 4.69) is 36.5 Å². The first-order chi connectivity index (χ1) is 18.7. The van der Waals surface area contributed by atoms with E-state index >= 15 is 0 Å². The van der Waals surface area contributed by atoms with Crippen LogP contribution in [0.1, 0.15) is 27.2 Å². The van der Waals surface area contributed by atoms with Crippen LogP contribution in [-0.2, 0) is 4.79 Å². The Morgan fingerprint density at radius 2 is 1.72 bits per heavy atom. The highest BCUT2D eigenvalue weighted by Gasteiger charge is 2.17. The number of anilines is 1. The molecule has 6 aromatic rings. The number of aromatic nitrogens is 5. The van der Waals surface area contributed by atoms with Crippen LogP contribution in [0.5, 0.6) is 0 Å². The van der Waals surface area contributed by atoms with Crippen LogP contribution in [0.3, 0.4) is 0 Å². The molecular formula is C31H27FN6O. The van der Waals surface area contributed by atoms with Crippen molar-refractivity contribution in [3.05, 3.63) is 85.2 Å². The van der Waals surface area contributed by atoms with E-state index in [1.165, 1.54) is 12.1 Å². The van der Waals surface area contributed by atoms with Gasteiger partial charge in [-0.3, -0.25) is 19.9 Å². The standard InChI is InChI=1S/C31H27FN6O/c1-31(2,3)13-29(39)35-22-10-20(14-33-15-22)18-7-8-26-24(11-18)30(38-37-26)27-12-23-25(16-34-17-28(23)36-27)19-5-4-6-21(32)9-19/h4-12,14-17,36H,13H2,1-3H3,(H,35,39)(H,37,38). The lowest BCUT2D eigenvalue weighted by molar-refractivity contribution is -0.117. The monoisotopic (exact) mass is 518 g/mol. The fourth-order valence-corrected chi connectivity index (χ4v) is 4.82. The molecular weight excluding hydrogens is 491 g/mol. The molecule has 0 aliphatic rings. The highest BCUT2D eigenvalue weighted by atomic mass is 19.1. The van der Waals surface area contributed by atoms with Crippen molar-refractivity contribution in [1.29, 1.82) is 0 Å². The molecule has 7 nitrogen and oxygen atoms in total. The summed E-state index contributed by atoms with van der Waals surface area (Å²) in [6.07, 6.45) is 7.35. The molecule has 4 aromatic heterocycles. The highest BCUT2D eigenvalue weighted by Crippen LogP contribution is 2.35. The average molecular weight is 519 g/mol. The highest BCUT2D eigenvalue weighted by molar-refractivity contribution is 6.01. The molecule has 0 unspecified atom stereocenters. The van der Waals surface area contributed by atoms with Gasteiger partial charge in [0.25, 0.3) is 0 Å². The van der Waals surface area contributed by atoms with E-state index in [9.17, 15) is 9.18 Å². The van der Waals surface area contributed by atoms with Gasteiger partial charge in [0, 0.05) is 40.7 Å². The first-order valence-corrected chi connectivity index (χ1v) is 12.7. The van der Waals surface area contributed by atoms with Gasteiger partial charge in [-0.1, -0.05) is 39.0 Å². The first kappa shape index (κ1) is 24.5. The van der Waals surface area contributed by atoms with Gasteiger partial charge in [0.1, 0.15) is 11.5 Å². The molecule has 0 spiro atoms. The van der Waals surface area contributed by atoms with Crippen LogP contribution in [0.15, 0.2) is 79.4 Å². The largest absolute Gasteiger partial charge is 0.352 e. The fraction of sp³-hybridized carbons (Fsp3) is 0.161. The van der Waals surface area contributed by atoms with Crippen molar-refractivity contribution >= 4 is 33.4 Å². The molecule has 2 aromatic carbocycles. The molecule has 8 heteroatoms. The maximum absolute atomic E-state index is 13.9. The quantitative estimate of drug-likeness (QED) is 0.222. The van der Waals surface area contributed by atoms with Gasteiger partial charge < -0.3 is 10.3 Å². The number of pyridine rings is 2. The lowest BCUT2D eigenvalue weighted by Gasteiger charge is -2.17. The third-order valence-electron chi connectivity index (χ3n) is 6.55. The Hall–Kier alpha value is -4.85. The summed E-state index contributed by atoms with van der Waals surface area (Å²) < 4.78 is 13.9. The Morgan fingerprint density at radius 3 is 2.54 bits per heavy atom. The van der Waals surface area contributed by atoms with E-state index in [0.717, 1.165) is 55.4 Å². The molecule has 4 heterocycles. The number of amides is 1. The van der Waals surface area contributed by atoms with Crippen molar-refractivity contribution in [3.8, 4) is 33.6 Å². The lowest BCUT2D eigenvalue weighted by atomic mass is 9.92. The third kappa shape index (κ3) is 5.01. The number of carbonyl (C=O) groups is 1. The van der Waals surface area contributed by atoms with Crippen LogP contribution in [0, 0.1) is 11.2 Å². The van der Waals surface area contributed by atoms with Gasteiger partial charge in [-0.25, -0.2) is 4.39 Å². The van der Waals surface area contributed by atoms with Crippen molar-refractivity contribution in [1.82, 2.24) is 25.1 Å². The number of carbonyl (C=O) groups excluding carboxylic acids is 1. The van der Waals surface area contributed by atoms with E-state index in [4.69, 9.17) is 0 Å². The number of halogens is 1. The number of benzene rings is 2. The van der Waals surface area contributed by atoms with Crippen LogP contribution in [0.2, 0.25) is 0 Å². The van der Waals surface area contributed by atoms with Crippen LogP contribution in [0.25, 0.3) is 55.4 Å². The molecule has 6 rings (SSSR count). The number of nitrogens with zero attached hydrogens (tertiary/aromatic N) is 3. The molecule has 0 saturated heterocycles. The van der Waals surface area contributed by atoms with Gasteiger partial charge >= 0.3 is 0 Å². The Labute approximate surface area is 224 Å². The number of hydrogen-bond donors (Lipinski definition) is 3. The predicted octanol–water partition coefficient (Wildman–Crippen LogP) is 7.35. The molecule has 0 atom stereocenters. The van der Waals surface area contributed by atoms with Gasteiger partial charge in [0.2, 0.25) is 5.91 Å². The van der Waals surface area contributed by atoms with Gasteiger partial charge in [0.15, 0.2) is 0 Å². The Bertz CT molecular complexity index is 1850. The minimum absolute atomic E-state index is 0.0417. The van der Waals surface area contributed by atoms with Crippen molar-refractivity contribution in [2.45, 2.75) is 27.2 Å². The fourth-order valence-electron chi connectivity index (χ4n) is 4.82. The molecule has 0 bridgehead atoms. The molecule has 0 aliphatic heterocycles. The maximum Gasteiger partial charge on any atom is 0.224 e. The summed E-state index contributed by atoms with van der Waals surface area (Å²) in [5.74, 6) is -0.335. The Morgan fingerprint density at radius 1 is 0.872 bits per heavy atom. The first-order valence-electron chi connectivity index (χ1n) is 12.7. The normalized spacial score (nSPS) is 11.8. The molecule has 39 heavy (non-hydrogen) atoms. The predicted molar refractivity (Wildman–Crippen MR) is 153 cm³/mol. The zero-order valence-corrected chi connectivity index (χ0v) is 21.8. The van der Waals surface area contributed by atoms with E-state index in [-0.39, 0.29) is 17.1 Å². The van der Waals surface area contributed by atoms with Crippen LogP contribution < -0.4 is 5.32 Å². The average Bonchev–Trinajstić information content (AvgIpc) is 3.51. The van der Waals surface area contributed by atoms with Crippen LogP contribution in [-0.4, -0.2) is 31.1 Å². The third-order valence-corrected chi connectivity index (χ3v) is 6.55. The number of rotatable bonds is 5.